The summed E-state index contributed by atoms with van der Waals surface area (Å²) in [7, 11) is -6.62. The monoisotopic (exact) mass is 232 g/mol. The molecular formula is C5H14O6P2. The van der Waals surface area contributed by atoms with E-state index in [2.05, 4.69) is 0 Å². The molecule has 13 heavy (non-hydrogen) atoms. The molecule has 0 aromatic heterocycles. The number of hydrogen-bond acceptors (Lipinski definition) is 6. The van der Waals surface area contributed by atoms with E-state index < -0.39 is 45.6 Å². The van der Waals surface area contributed by atoms with E-state index in [-0.39, 0.29) is 0 Å². The van der Waals surface area contributed by atoms with Crippen LogP contribution >= 0.6 is 14.3 Å². The van der Waals surface area contributed by atoms with Crippen molar-refractivity contribution in [3.05, 3.63) is 0 Å². The van der Waals surface area contributed by atoms with Crippen molar-refractivity contribution < 1.29 is 29.6 Å². The molecule has 4 N–H and O–H groups in total. The predicted molar refractivity (Wildman–Crippen MR) is 48.4 cm³/mol. The number of hydrogen-bond donors (Lipinski definition) is 4. The first kappa shape index (κ1) is 13.3. The normalized spacial score (nSPS) is 13.2. The van der Waals surface area contributed by atoms with Gasteiger partial charge in [-0.05, 0) is 0 Å². The summed E-state index contributed by atoms with van der Waals surface area (Å²) in [6.07, 6.45) is -3.08. The lowest BCUT2D eigenvalue weighted by Gasteiger charge is -2.18. The van der Waals surface area contributed by atoms with Crippen LogP contribution < -0.4 is 0 Å². The van der Waals surface area contributed by atoms with Crippen LogP contribution in [0.25, 0.3) is 0 Å². The van der Waals surface area contributed by atoms with Gasteiger partial charge in [0.15, 0.2) is 0 Å². The highest BCUT2D eigenvalue weighted by molar-refractivity contribution is 7.80. The largest absolute Gasteiger partial charge is 0.389 e. The van der Waals surface area contributed by atoms with E-state index in [9.17, 15) is 9.13 Å². The molecule has 0 saturated carbocycles. The van der Waals surface area contributed by atoms with Crippen LogP contribution in [0.2, 0.25) is 0 Å². The SMILES string of the molecule is O=P(CO)(CO)CP(=O)(CO)CO. The van der Waals surface area contributed by atoms with Gasteiger partial charge in [0.05, 0.1) is 31.3 Å². The Morgan fingerprint density at radius 1 is 0.692 bits per heavy atom. The van der Waals surface area contributed by atoms with Crippen molar-refractivity contribution in [1.29, 1.82) is 0 Å². The van der Waals surface area contributed by atoms with E-state index in [0.29, 0.717) is 0 Å². The summed E-state index contributed by atoms with van der Waals surface area (Å²) < 4.78 is 22.8. The predicted octanol–water partition coefficient (Wildman–Crippen LogP) is -0.531. The Bertz CT molecular complexity index is 199. The minimum absolute atomic E-state index is 0.500. The van der Waals surface area contributed by atoms with Gasteiger partial charge >= 0.3 is 0 Å². The lowest BCUT2D eigenvalue weighted by atomic mass is 11.6. The van der Waals surface area contributed by atoms with Gasteiger partial charge in [-0.2, -0.15) is 0 Å². The Hall–Kier alpha value is 0.300. The number of rotatable bonds is 6. The number of aliphatic hydroxyl groups is 4. The van der Waals surface area contributed by atoms with Gasteiger partial charge in [-0.25, -0.2) is 0 Å². The van der Waals surface area contributed by atoms with E-state index in [1.54, 1.807) is 0 Å². The maximum absolute atomic E-state index is 11.4. The Morgan fingerprint density at radius 3 is 1.08 bits per heavy atom. The zero-order valence-electron chi connectivity index (χ0n) is 7.04. The van der Waals surface area contributed by atoms with Crippen molar-refractivity contribution in [3.8, 4) is 0 Å². The Balaban J connectivity index is 4.57. The first-order chi connectivity index (χ1) is 5.95. The van der Waals surface area contributed by atoms with Gasteiger partial charge in [-0.15, -0.1) is 0 Å². The fraction of sp³-hybridized carbons (Fsp3) is 1.00. The standard InChI is InChI=1S/C5H14O6P2/c6-1-12(10,2-7)5-13(11,3-8)4-9/h6-9H,1-5H2. The van der Waals surface area contributed by atoms with Gasteiger partial charge < -0.3 is 29.6 Å². The van der Waals surface area contributed by atoms with Crippen LogP contribution in [0.1, 0.15) is 0 Å². The van der Waals surface area contributed by atoms with Crippen molar-refractivity contribution in [2.75, 3.05) is 31.3 Å². The van der Waals surface area contributed by atoms with E-state index in [1.165, 1.54) is 0 Å². The molecule has 0 fully saturated rings. The Morgan fingerprint density at radius 2 is 0.923 bits per heavy atom. The average Bonchev–Trinajstić information content (AvgIpc) is 2.17. The van der Waals surface area contributed by atoms with Crippen LogP contribution in [0, 0.1) is 0 Å². The van der Waals surface area contributed by atoms with Crippen molar-refractivity contribution >= 4 is 14.3 Å². The zero-order chi connectivity index (χ0) is 10.5. The third-order valence-corrected chi connectivity index (χ3v) is 7.73. The summed E-state index contributed by atoms with van der Waals surface area (Å²) in [6.45, 7) is 0. The molecule has 0 radical (unpaired) electrons. The smallest absolute Gasteiger partial charge is 0.143 e. The Kier molecular flexibility index (Phi) is 5.37. The highest BCUT2D eigenvalue weighted by Gasteiger charge is 2.32. The molecule has 0 rings (SSSR count). The van der Waals surface area contributed by atoms with Crippen LogP contribution in [0.15, 0.2) is 0 Å². The molecule has 8 heteroatoms. The minimum Gasteiger partial charge on any atom is -0.389 e. The summed E-state index contributed by atoms with van der Waals surface area (Å²) >= 11 is 0. The molecule has 0 aliphatic carbocycles. The van der Waals surface area contributed by atoms with Gasteiger partial charge in [0.25, 0.3) is 0 Å². The van der Waals surface area contributed by atoms with Crippen LogP contribution in [0.5, 0.6) is 0 Å². The third kappa shape index (κ3) is 3.90. The van der Waals surface area contributed by atoms with Gasteiger partial charge in [-0.1, -0.05) is 0 Å². The summed E-state index contributed by atoms with van der Waals surface area (Å²) in [6, 6.07) is 0. The molecule has 0 saturated heterocycles. The van der Waals surface area contributed by atoms with Crippen molar-refractivity contribution in [2.24, 2.45) is 0 Å². The molecule has 0 aromatic carbocycles. The van der Waals surface area contributed by atoms with Gasteiger partial charge in [0.1, 0.15) is 14.3 Å². The van der Waals surface area contributed by atoms with Crippen molar-refractivity contribution in [2.45, 2.75) is 0 Å². The quantitative estimate of drug-likeness (QED) is 0.457. The fourth-order valence-corrected chi connectivity index (χ4v) is 6.11. The van der Waals surface area contributed by atoms with Gasteiger partial charge in [0, 0.05) is 0 Å². The second-order valence-electron chi connectivity index (χ2n) is 2.82. The topological polar surface area (TPSA) is 115 Å². The van der Waals surface area contributed by atoms with Crippen molar-refractivity contribution in [1.82, 2.24) is 0 Å². The molecule has 0 atom stereocenters. The summed E-state index contributed by atoms with van der Waals surface area (Å²) in [5, 5.41) is 34.5. The maximum atomic E-state index is 11.4. The lowest BCUT2D eigenvalue weighted by molar-refractivity contribution is 0.319. The van der Waals surface area contributed by atoms with Gasteiger partial charge in [-0.3, -0.25) is 0 Å². The molecule has 0 amide bonds. The molecule has 6 nitrogen and oxygen atoms in total. The molecule has 0 bridgehead atoms. The fourth-order valence-electron chi connectivity index (χ4n) is 0.738. The second kappa shape index (κ2) is 5.25. The van der Waals surface area contributed by atoms with Crippen molar-refractivity contribution in [3.63, 3.8) is 0 Å². The van der Waals surface area contributed by atoms with E-state index in [1.807, 2.05) is 0 Å². The summed E-state index contributed by atoms with van der Waals surface area (Å²) in [4.78, 5) is 0. The summed E-state index contributed by atoms with van der Waals surface area (Å²) in [5.41, 5.74) is 0. The first-order valence-corrected chi connectivity index (χ1v) is 8.05. The van der Waals surface area contributed by atoms with E-state index in [0.717, 1.165) is 0 Å². The third-order valence-electron chi connectivity index (χ3n) is 1.55. The van der Waals surface area contributed by atoms with E-state index in [4.69, 9.17) is 20.4 Å². The van der Waals surface area contributed by atoms with E-state index >= 15 is 0 Å². The highest BCUT2D eigenvalue weighted by Crippen LogP contribution is 2.59. The molecule has 0 heterocycles. The second-order valence-corrected chi connectivity index (χ2v) is 9.32. The van der Waals surface area contributed by atoms with Crippen LogP contribution in [0.4, 0.5) is 0 Å². The molecule has 0 aromatic rings. The molecule has 80 valence electrons. The maximum Gasteiger partial charge on any atom is 0.143 e. The zero-order valence-corrected chi connectivity index (χ0v) is 8.82. The molecule has 0 aliphatic heterocycles. The highest BCUT2D eigenvalue weighted by atomic mass is 31.2. The van der Waals surface area contributed by atoms with Crippen LogP contribution in [-0.2, 0) is 9.13 Å². The molecule has 0 spiro atoms. The molecule has 0 aliphatic rings. The first-order valence-electron chi connectivity index (χ1n) is 3.53. The average molecular weight is 232 g/mol. The van der Waals surface area contributed by atoms with Gasteiger partial charge in [0.2, 0.25) is 0 Å². The Labute approximate surface area is 76.0 Å². The van der Waals surface area contributed by atoms with Crippen LogP contribution in [0.3, 0.4) is 0 Å². The number of aliphatic hydroxyl groups excluding tert-OH is 4. The minimum atomic E-state index is -3.31. The molecular weight excluding hydrogens is 218 g/mol. The molecule has 0 unspecified atom stereocenters. The van der Waals surface area contributed by atoms with Crippen LogP contribution in [-0.4, -0.2) is 51.7 Å². The lowest BCUT2D eigenvalue weighted by Crippen LogP contribution is -2.05. The summed E-state index contributed by atoms with van der Waals surface area (Å²) in [5.74, 6) is -0.500.